The minimum Gasteiger partial charge on any atom is -0.309 e. The van der Waals surface area contributed by atoms with Gasteiger partial charge in [-0.05, 0) is 109 Å². The van der Waals surface area contributed by atoms with E-state index < -0.39 is 0 Å². The average Bonchev–Trinajstić information content (AvgIpc) is 3.96. The number of para-hydroxylation sites is 4. The Labute approximate surface area is 469 Å². The first kappa shape index (κ1) is 47.5. The number of nitrogens with zero attached hydrogens (tertiary/aromatic N) is 6. The van der Waals surface area contributed by atoms with E-state index in [1.54, 1.807) is 0 Å². The van der Waals surface area contributed by atoms with Crippen molar-refractivity contribution in [3.63, 3.8) is 0 Å². The number of aromatic nitrogens is 6. The van der Waals surface area contributed by atoms with Crippen LogP contribution in [-0.2, 0) is 0 Å². The summed E-state index contributed by atoms with van der Waals surface area (Å²) in [7, 11) is 0. The van der Waals surface area contributed by atoms with Gasteiger partial charge < -0.3 is 13.7 Å². The number of rotatable bonds is 10. The Bertz CT molecular complexity index is 4650. The van der Waals surface area contributed by atoms with Crippen molar-refractivity contribution >= 4 is 71.0 Å². The zero-order valence-electron chi connectivity index (χ0n) is 44.7. The Morgan fingerprint density at radius 2 is 0.667 bits per heavy atom. The van der Waals surface area contributed by atoms with E-state index in [9.17, 15) is 0 Å². The largest absolute Gasteiger partial charge is 0.309 e. The van der Waals surface area contributed by atoms with Gasteiger partial charge in [-0.15, -0.1) is 0 Å². The van der Waals surface area contributed by atoms with E-state index in [1.807, 2.05) is 25.1 Å². The summed E-state index contributed by atoms with van der Waals surface area (Å²) in [6.07, 6.45) is 6.34. The molecule has 0 N–H and O–H groups in total. The molecular weight excluding hydrogens is 985 g/mol. The molecule has 0 aliphatic heterocycles. The van der Waals surface area contributed by atoms with E-state index in [-0.39, 0.29) is 0 Å². The minimum absolute atomic E-state index is 0.584. The van der Waals surface area contributed by atoms with Gasteiger partial charge in [0, 0.05) is 71.5 Å². The molecule has 6 nitrogen and oxygen atoms in total. The number of fused-ring (bicyclic) bond motifs is 9. The fourth-order valence-electron chi connectivity index (χ4n) is 12.3. The van der Waals surface area contributed by atoms with Crippen LogP contribution in [0.5, 0.6) is 0 Å². The van der Waals surface area contributed by atoms with Crippen LogP contribution in [0.3, 0.4) is 0 Å². The quantitative estimate of drug-likeness (QED) is 0.128. The van der Waals surface area contributed by atoms with Gasteiger partial charge in [0.05, 0.1) is 38.8 Å². The Balaban J connectivity index is 1.02. The molecule has 4 aromatic heterocycles. The molecule has 15 aromatic rings. The highest BCUT2D eigenvalue weighted by Crippen LogP contribution is 2.46. The molecule has 11 aromatic carbocycles. The van der Waals surface area contributed by atoms with Crippen molar-refractivity contribution < 1.29 is 0 Å². The van der Waals surface area contributed by atoms with Gasteiger partial charge in [0.2, 0.25) is 0 Å². The average molecular weight is 1040 g/mol. The maximum atomic E-state index is 5.38. The van der Waals surface area contributed by atoms with Crippen LogP contribution in [0.2, 0.25) is 0 Å². The Kier molecular flexibility index (Phi) is 11.5. The van der Waals surface area contributed by atoms with E-state index >= 15 is 0 Å². The second kappa shape index (κ2) is 19.6. The lowest BCUT2D eigenvalue weighted by Gasteiger charge is -2.21. The molecule has 0 spiro atoms. The molecule has 0 saturated carbocycles. The molecule has 0 bridgehead atoms. The summed E-state index contributed by atoms with van der Waals surface area (Å²) < 4.78 is 7.36. The fourth-order valence-corrected chi connectivity index (χ4v) is 12.3. The van der Waals surface area contributed by atoms with Crippen molar-refractivity contribution in [2.45, 2.75) is 13.8 Å². The SMILES string of the molecule is C/C=C\C(=C/C)c1ccc(-c2nc(-c3ccccc3)nc(-c3cc(-c4ccccc4)c(-n4c5ccc(-n6c7ccccc7c7ccccc76)cc5c5cc(-n6c7ccccc7c7ccccc76)ccc54)c(-c4ccccc4)c3)n2)cc1. The van der Waals surface area contributed by atoms with E-state index in [0.717, 1.165) is 88.9 Å². The standard InChI is InChI=1S/C75H52N6/c1-3-22-49(4-2)50-37-39-54(40-38-50)74-76-73(53-27-12-7-13-28-53)77-75(78-74)55-45-62(51-23-8-5-9-24-51)72(63(46-55)52-25-10-6-11-26-52)81-70-43-41-56(79-66-33-18-14-29-58(66)59-30-15-19-34-67(59)79)47-64(70)65-48-57(42-44-71(65)81)80-68-35-20-16-31-60(68)61-32-17-21-36-69(61)80/h3-48H,1-2H3/b22-3-,49-4+. The van der Waals surface area contributed by atoms with E-state index in [1.165, 1.54) is 43.6 Å². The van der Waals surface area contributed by atoms with Crippen LogP contribution in [0.1, 0.15) is 19.4 Å². The lowest BCUT2D eigenvalue weighted by molar-refractivity contribution is 1.07. The first-order valence-corrected chi connectivity index (χ1v) is 27.7. The van der Waals surface area contributed by atoms with Gasteiger partial charge in [-0.25, -0.2) is 15.0 Å². The zero-order chi connectivity index (χ0) is 54.0. The highest BCUT2D eigenvalue weighted by atomic mass is 15.0. The minimum atomic E-state index is 0.584. The highest BCUT2D eigenvalue weighted by molar-refractivity contribution is 6.15. The third-order valence-corrected chi connectivity index (χ3v) is 16.0. The molecule has 4 heterocycles. The summed E-state index contributed by atoms with van der Waals surface area (Å²) in [5.41, 5.74) is 19.3. The van der Waals surface area contributed by atoms with E-state index in [4.69, 9.17) is 15.0 Å². The van der Waals surface area contributed by atoms with Crippen LogP contribution in [0, 0.1) is 0 Å². The molecule has 0 radical (unpaired) electrons. The van der Waals surface area contributed by atoms with Crippen LogP contribution < -0.4 is 0 Å². The summed E-state index contributed by atoms with van der Waals surface area (Å²) in [5, 5.41) is 7.19. The van der Waals surface area contributed by atoms with Gasteiger partial charge in [0.25, 0.3) is 0 Å². The number of hydrogen-bond acceptors (Lipinski definition) is 3. The van der Waals surface area contributed by atoms with E-state index in [2.05, 4.69) is 282 Å². The predicted octanol–water partition coefficient (Wildman–Crippen LogP) is 19.5. The molecule has 0 aliphatic rings. The van der Waals surface area contributed by atoms with Gasteiger partial charge in [-0.3, -0.25) is 0 Å². The van der Waals surface area contributed by atoms with Gasteiger partial charge in [0.15, 0.2) is 17.5 Å². The van der Waals surface area contributed by atoms with Crippen molar-refractivity contribution in [2.24, 2.45) is 0 Å². The van der Waals surface area contributed by atoms with Crippen molar-refractivity contribution in [1.29, 1.82) is 0 Å². The number of allylic oxidation sites excluding steroid dienone is 4. The number of benzene rings is 11. The van der Waals surface area contributed by atoms with Crippen LogP contribution in [0.15, 0.2) is 279 Å². The zero-order valence-corrected chi connectivity index (χ0v) is 44.7. The monoisotopic (exact) mass is 1040 g/mol. The molecule has 0 unspecified atom stereocenters. The molecule has 0 aliphatic carbocycles. The lowest BCUT2D eigenvalue weighted by atomic mass is 9.92. The molecule has 382 valence electrons. The fraction of sp³-hybridized carbons (Fsp3) is 0.0267. The predicted molar refractivity (Wildman–Crippen MR) is 338 cm³/mol. The maximum Gasteiger partial charge on any atom is 0.164 e. The molecular formula is C75H52N6. The second-order valence-corrected chi connectivity index (χ2v) is 20.6. The Morgan fingerprint density at radius 1 is 0.309 bits per heavy atom. The molecule has 0 fully saturated rings. The third kappa shape index (κ3) is 7.98. The third-order valence-electron chi connectivity index (χ3n) is 16.0. The lowest BCUT2D eigenvalue weighted by Crippen LogP contribution is -2.04. The molecule has 6 heteroatoms. The summed E-state index contributed by atoms with van der Waals surface area (Å²) in [6, 6.07) is 94.0. The maximum absolute atomic E-state index is 5.38. The Hall–Kier alpha value is -10.7. The molecule has 0 amide bonds. The molecule has 15 rings (SSSR count). The van der Waals surface area contributed by atoms with Crippen LogP contribution in [-0.4, -0.2) is 28.7 Å². The van der Waals surface area contributed by atoms with E-state index in [0.29, 0.717) is 17.5 Å². The molecule has 81 heavy (non-hydrogen) atoms. The Morgan fingerprint density at radius 3 is 1.07 bits per heavy atom. The summed E-state index contributed by atoms with van der Waals surface area (Å²) in [5.74, 6) is 1.79. The van der Waals surface area contributed by atoms with Gasteiger partial charge in [-0.1, -0.05) is 206 Å². The smallest absolute Gasteiger partial charge is 0.164 e. The summed E-state index contributed by atoms with van der Waals surface area (Å²) in [4.78, 5) is 15.9. The van der Waals surface area contributed by atoms with Crippen LogP contribution in [0.25, 0.3) is 144 Å². The molecule has 0 atom stereocenters. The number of hydrogen-bond donors (Lipinski definition) is 0. The van der Waals surface area contributed by atoms with Crippen LogP contribution >= 0.6 is 0 Å². The topological polar surface area (TPSA) is 53.5 Å². The van der Waals surface area contributed by atoms with Crippen molar-refractivity contribution in [3.8, 4) is 73.5 Å². The van der Waals surface area contributed by atoms with Crippen molar-refractivity contribution in [2.75, 3.05) is 0 Å². The highest BCUT2D eigenvalue weighted by Gasteiger charge is 2.25. The van der Waals surface area contributed by atoms with Gasteiger partial charge >= 0.3 is 0 Å². The van der Waals surface area contributed by atoms with Crippen LogP contribution in [0.4, 0.5) is 0 Å². The summed E-state index contributed by atoms with van der Waals surface area (Å²) >= 11 is 0. The van der Waals surface area contributed by atoms with Gasteiger partial charge in [-0.2, -0.15) is 0 Å². The second-order valence-electron chi connectivity index (χ2n) is 20.6. The molecule has 0 saturated heterocycles. The van der Waals surface area contributed by atoms with Gasteiger partial charge in [0.1, 0.15) is 0 Å². The first-order chi connectivity index (χ1) is 40.1. The summed E-state index contributed by atoms with van der Waals surface area (Å²) in [6.45, 7) is 4.12. The van der Waals surface area contributed by atoms with Crippen molar-refractivity contribution in [3.05, 3.63) is 285 Å². The van der Waals surface area contributed by atoms with Crippen molar-refractivity contribution in [1.82, 2.24) is 28.7 Å². The first-order valence-electron chi connectivity index (χ1n) is 27.7. The normalized spacial score (nSPS) is 12.1.